The molecule has 0 radical (unpaired) electrons. The summed E-state index contributed by atoms with van der Waals surface area (Å²) in [6.45, 7) is 5.17. The maximum absolute atomic E-state index is 5.24. The molecule has 0 aliphatic rings. The van der Waals surface area contributed by atoms with Crippen LogP contribution < -0.4 is 16.6 Å². The van der Waals surface area contributed by atoms with E-state index in [1.807, 2.05) is 0 Å². The maximum atomic E-state index is 5.24. The molecule has 6 heteroatoms. The largest absolute Gasteiger partial charge is 0.367 e. The summed E-state index contributed by atoms with van der Waals surface area (Å²) in [7, 11) is 0. The van der Waals surface area contributed by atoms with Crippen molar-refractivity contribution >= 4 is 23.4 Å². The summed E-state index contributed by atoms with van der Waals surface area (Å²) in [6, 6.07) is 0. The lowest BCUT2D eigenvalue weighted by atomic mass is 10.2. The lowest BCUT2D eigenvalue weighted by Crippen LogP contribution is -2.26. The fraction of sp³-hybridized carbons (Fsp3) is 0.556. The van der Waals surface area contributed by atoms with Crippen LogP contribution in [-0.2, 0) is 0 Å². The molecule has 0 saturated carbocycles. The molecule has 1 aromatic heterocycles. The van der Waals surface area contributed by atoms with E-state index in [0.717, 1.165) is 12.4 Å². The third-order valence-corrected chi connectivity index (χ3v) is 3.28. The second-order valence-electron chi connectivity index (χ2n) is 3.75. The minimum atomic E-state index is 0.174. The van der Waals surface area contributed by atoms with Gasteiger partial charge < -0.3 is 10.7 Å². The summed E-state index contributed by atoms with van der Waals surface area (Å²) in [5, 5.41) is 3.22. The fourth-order valence-corrected chi connectivity index (χ4v) is 1.11. The van der Waals surface area contributed by atoms with Crippen LogP contribution >= 0.6 is 11.8 Å². The van der Waals surface area contributed by atoms with Crippen molar-refractivity contribution in [1.82, 2.24) is 9.97 Å². The second kappa shape index (κ2) is 5.18. The molecular weight excluding hydrogens is 210 g/mol. The summed E-state index contributed by atoms with van der Waals surface area (Å²) >= 11 is 1.81. The fourth-order valence-electron chi connectivity index (χ4n) is 0.896. The molecule has 1 rings (SSSR count). The molecule has 0 spiro atoms. The first-order valence-electron chi connectivity index (χ1n) is 4.65. The minimum Gasteiger partial charge on any atom is -0.367 e. The predicted molar refractivity (Wildman–Crippen MR) is 65.9 cm³/mol. The molecule has 0 aliphatic carbocycles. The maximum Gasteiger partial charge on any atom is 0.160 e. The Morgan fingerprint density at radius 1 is 1.40 bits per heavy atom. The predicted octanol–water partition coefficient (Wildman–Crippen LogP) is 1.32. The van der Waals surface area contributed by atoms with Gasteiger partial charge >= 0.3 is 0 Å². The van der Waals surface area contributed by atoms with E-state index in [1.165, 1.54) is 0 Å². The average molecular weight is 227 g/mol. The number of anilines is 2. The van der Waals surface area contributed by atoms with Gasteiger partial charge in [-0.1, -0.05) is 0 Å². The van der Waals surface area contributed by atoms with E-state index in [-0.39, 0.29) is 4.75 Å². The highest BCUT2D eigenvalue weighted by Gasteiger charge is 2.15. The van der Waals surface area contributed by atoms with Gasteiger partial charge in [0.1, 0.15) is 5.82 Å². The molecule has 1 heterocycles. The summed E-state index contributed by atoms with van der Waals surface area (Å²) in [6.07, 6.45) is 5.34. The third-order valence-electron chi connectivity index (χ3n) is 2.03. The lowest BCUT2D eigenvalue weighted by molar-refractivity contribution is 0.749. The first-order valence-corrected chi connectivity index (χ1v) is 5.87. The van der Waals surface area contributed by atoms with Crippen molar-refractivity contribution in [2.24, 2.45) is 5.84 Å². The zero-order valence-corrected chi connectivity index (χ0v) is 10.1. The Labute approximate surface area is 94.2 Å². The average Bonchev–Trinajstić information content (AvgIpc) is 2.27. The number of aromatic nitrogens is 2. The third kappa shape index (κ3) is 3.93. The monoisotopic (exact) mass is 227 g/mol. The van der Waals surface area contributed by atoms with Crippen molar-refractivity contribution in [3.05, 3.63) is 12.4 Å². The van der Waals surface area contributed by atoms with Gasteiger partial charge in [-0.15, -0.1) is 0 Å². The highest BCUT2D eigenvalue weighted by Crippen LogP contribution is 2.21. The van der Waals surface area contributed by atoms with Crippen molar-refractivity contribution < 1.29 is 0 Å². The highest BCUT2D eigenvalue weighted by atomic mass is 32.2. The van der Waals surface area contributed by atoms with Crippen LogP contribution in [0.25, 0.3) is 0 Å². The Balaban J connectivity index is 2.57. The molecule has 0 aromatic carbocycles. The first kappa shape index (κ1) is 12.1. The molecule has 0 amide bonds. The number of nitrogen functional groups attached to an aromatic ring is 1. The molecule has 0 saturated heterocycles. The first-order chi connectivity index (χ1) is 7.07. The highest BCUT2D eigenvalue weighted by molar-refractivity contribution is 7.99. The number of nitrogens with zero attached hydrogens (tertiary/aromatic N) is 2. The van der Waals surface area contributed by atoms with Crippen LogP contribution in [0.5, 0.6) is 0 Å². The van der Waals surface area contributed by atoms with Crippen LogP contribution in [-0.4, -0.2) is 27.5 Å². The number of nitrogens with one attached hydrogen (secondary N) is 2. The number of hydrogen-bond donors (Lipinski definition) is 3. The molecular formula is C9H17N5S. The molecule has 84 valence electrons. The molecule has 0 fully saturated rings. The van der Waals surface area contributed by atoms with Gasteiger partial charge in [-0.25, -0.2) is 10.8 Å². The standard InChI is InChI=1S/C9H17N5S/c1-9(2,15-3)6-12-7-4-11-5-8(13-7)14-10/h4-5H,6,10H2,1-3H3,(H2,12,13,14). The van der Waals surface area contributed by atoms with Crippen molar-refractivity contribution in [3.8, 4) is 0 Å². The number of hydrazine groups is 1. The zero-order chi connectivity index (χ0) is 11.3. The summed E-state index contributed by atoms with van der Waals surface area (Å²) in [4.78, 5) is 8.22. The Bertz CT molecular complexity index is 315. The number of hydrogen-bond acceptors (Lipinski definition) is 6. The lowest BCUT2D eigenvalue weighted by Gasteiger charge is -2.22. The van der Waals surface area contributed by atoms with Gasteiger partial charge in [0.05, 0.1) is 12.4 Å². The molecule has 4 N–H and O–H groups in total. The normalized spacial score (nSPS) is 11.2. The molecule has 0 unspecified atom stereocenters. The molecule has 1 aromatic rings. The van der Waals surface area contributed by atoms with E-state index < -0.39 is 0 Å². The molecule has 0 atom stereocenters. The van der Waals surface area contributed by atoms with Gasteiger partial charge in [-0.2, -0.15) is 11.8 Å². The smallest absolute Gasteiger partial charge is 0.160 e. The summed E-state index contributed by atoms with van der Waals surface area (Å²) in [5.41, 5.74) is 2.46. The van der Waals surface area contributed by atoms with E-state index in [2.05, 4.69) is 40.8 Å². The van der Waals surface area contributed by atoms with Crippen LogP contribution in [0.4, 0.5) is 11.6 Å². The minimum absolute atomic E-state index is 0.174. The van der Waals surface area contributed by atoms with Gasteiger partial charge in [0.15, 0.2) is 5.82 Å². The number of thioether (sulfide) groups is 1. The van der Waals surface area contributed by atoms with Crippen molar-refractivity contribution in [2.75, 3.05) is 23.5 Å². The number of rotatable bonds is 5. The van der Waals surface area contributed by atoms with Crippen molar-refractivity contribution in [3.63, 3.8) is 0 Å². The summed E-state index contributed by atoms with van der Waals surface area (Å²) in [5.74, 6) is 6.53. The topological polar surface area (TPSA) is 75.9 Å². The quantitative estimate of drug-likeness (QED) is 0.520. The van der Waals surface area contributed by atoms with E-state index in [4.69, 9.17) is 5.84 Å². The van der Waals surface area contributed by atoms with E-state index in [9.17, 15) is 0 Å². The van der Waals surface area contributed by atoms with Crippen molar-refractivity contribution in [2.45, 2.75) is 18.6 Å². The van der Waals surface area contributed by atoms with Crippen LogP contribution in [0.15, 0.2) is 12.4 Å². The van der Waals surface area contributed by atoms with Gasteiger partial charge in [0.25, 0.3) is 0 Å². The van der Waals surface area contributed by atoms with Crippen molar-refractivity contribution in [1.29, 1.82) is 0 Å². The van der Waals surface area contributed by atoms with E-state index in [1.54, 1.807) is 24.2 Å². The summed E-state index contributed by atoms with van der Waals surface area (Å²) < 4.78 is 0.174. The Morgan fingerprint density at radius 2 is 2.07 bits per heavy atom. The number of nitrogens with two attached hydrogens (primary N) is 1. The molecule has 15 heavy (non-hydrogen) atoms. The van der Waals surface area contributed by atoms with Crippen LogP contribution in [0, 0.1) is 0 Å². The van der Waals surface area contributed by atoms with Crippen LogP contribution in [0.3, 0.4) is 0 Å². The SMILES string of the molecule is CSC(C)(C)CNc1cncc(NN)n1. The van der Waals surface area contributed by atoms with Crippen LogP contribution in [0.1, 0.15) is 13.8 Å². The van der Waals surface area contributed by atoms with E-state index in [0.29, 0.717) is 5.82 Å². The molecule has 0 aliphatic heterocycles. The van der Waals surface area contributed by atoms with Gasteiger partial charge in [0.2, 0.25) is 0 Å². The van der Waals surface area contributed by atoms with Gasteiger partial charge in [0, 0.05) is 11.3 Å². The Kier molecular flexibility index (Phi) is 4.16. The zero-order valence-electron chi connectivity index (χ0n) is 9.24. The second-order valence-corrected chi connectivity index (χ2v) is 5.26. The van der Waals surface area contributed by atoms with E-state index >= 15 is 0 Å². The molecule has 0 bridgehead atoms. The molecule has 5 nitrogen and oxygen atoms in total. The van der Waals surface area contributed by atoms with Gasteiger partial charge in [-0.05, 0) is 20.1 Å². The Morgan fingerprint density at radius 3 is 2.67 bits per heavy atom. The van der Waals surface area contributed by atoms with Gasteiger partial charge in [-0.3, -0.25) is 4.98 Å². The van der Waals surface area contributed by atoms with Crippen LogP contribution in [0.2, 0.25) is 0 Å². The Hall–Kier alpha value is -1.01.